The second kappa shape index (κ2) is 12.9. The third-order valence-corrected chi connectivity index (χ3v) is 7.95. The van der Waals surface area contributed by atoms with Gasteiger partial charge >= 0.3 is 10.2 Å². The second-order valence-electron chi connectivity index (χ2n) is 8.74. The summed E-state index contributed by atoms with van der Waals surface area (Å²) in [6.45, 7) is -0.613. The molecule has 8 nitrogen and oxygen atoms in total. The van der Waals surface area contributed by atoms with Gasteiger partial charge in [-0.05, 0) is 47.5 Å². The average molecular weight is 561 g/mol. The Bertz CT molecular complexity index is 1360. The Morgan fingerprint density at radius 3 is 2.16 bits per heavy atom. The lowest BCUT2D eigenvalue weighted by Crippen LogP contribution is -2.53. The lowest BCUT2D eigenvalue weighted by Gasteiger charge is -2.34. The van der Waals surface area contributed by atoms with Gasteiger partial charge in [-0.15, -0.1) is 0 Å². The van der Waals surface area contributed by atoms with E-state index in [2.05, 4.69) is 5.32 Å². The fourth-order valence-corrected chi connectivity index (χ4v) is 5.15. The molecule has 0 heterocycles. The number of carbonyl (C=O) groups is 2. The minimum absolute atomic E-state index is 0.00355. The molecule has 0 aromatic heterocycles. The van der Waals surface area contributed by atoms with Crippen molar-refractivity contribution in [1.29, 1.82) is 0 Å². The SMILES string of the molecule is CNC(=O)C(Cc1ccccc1)N(Cc1cccc(Cl)c1)C(=O)CN(c1ccc(F)cc1)S(=O)(=O)N(C)C. The normalized spacial score (nSPS) is 12.2. The van der Waals surface area contributed by atoms with Crippen molar-refractivity contribution in [2.75, 3.05) is 32.0 Å². The van der Waals surface area contributed by atoms with Crippen LogP contribution in [0.3, 0.4) is 0 Å². The monoisotopic (exact) mass is 560 g/mol. The predicted molar refractivity (Wildman–Crippen MR) is 146 cm³/mol. The maximum absolute atomic E-state index is 13.9. The fourth-order valence-electron chi connectivity index (χ4n) is 3.88. The van der Waals surface area contributed by atoms with E-state index in [1.807, 2.05) is 30.3 Å². The van der Waals surface area contributed by atoms with Crippen LogP contribution in [0.1, 0.15) is 11.1 Å². The van der Waals surface area contributed by atoms with Crippen LogP contribution in [0.4, 0.5) is 10.1 Å². The molecule has 0 radical (unpaired) electrons. The predicted octanol–water partition coefficient (Wildman–Crippen LogP) is 3.48. The van der Waals surface area contributed by atoms with Gasteiger partial charge in [0, 0.05) is 39.1 Å². The first-order valence-electron chi connectivity index (χ1n) is 11.8. The molecular formula is C27H30ClFN4O4S. The fraction of sp³-hybridized carbons (Fsp3) is 0.259. The number of halogens is 2. The number of benzene rings is 3. The third kappa shape index (κ3) is 7.31. The van der Waals surface area contributed by atoms with Gasteiger partial charge in [0.15, 0.2) is 0 Å². The molecule has 0 saturated carbocycles. The van der Waals surface area contributed by atoms with Gasteiger partial charge in [0.25, 0.3) is 0 Å². The van der Waals surface area contributed by atoms with Gasteiger partial charge < -0.3 is 10.2 Å². The molecule has 1 unspecified atom stereocenters. The largest absolute Gasteiger partial charge is 0.357 e. The van der Waals surface area contributed by atoms with Crippen LogP contribution in [0.2, 0.25) is 5.02 Å². The molecule has 3 aromatic carbocycles. The van der Waals surface area contributed by atoms with Gasteiger partial charge in [0.2, 0.25) is 11.8 Å². The highest BCUT2D eigenvalue weighted by Crippen LogP contribution is 2.22. The first-order chi connectivity index (χ1) is 18.0. The quantitative estimate of drug-likeness (QED) is 0.389. The molecular weight excluding hydrogens is 531 g/mol. The zero-order valence-corrected chi connectivity index (χ0v) is 22.9. The van der Waals surface area contributed by atoms with Crippen molar-refractivity contribution in [2.24, 2.45) is 0 Å². The van der Waals surface area contributed by atoms with Gasteiger partial charge in [0.05, 0.1) is 5.69 Å². The highest BCUT2D eigenvalue weighted by molar-refractivity contribution is 7.90. The minimum atomic E-state index is -4.15. The zero-order chi connectivity index (χ0) is 27.9. The van der Waals surface area contributed by atoms with Crippen molar-refractivity contribution in [3.05, 3.63) is 101 Å². The van der Waals surface area contributed by atoms with Gasteiger partial charge in [0.1, 0.15) is 18.4 Å². The second-order valence-corrected chi connectivity index (χ2v) is 11.2. The first-order valence-corrected chi connectivity index (χ1v) is 13.6. The van der Waals surface area contributed by atoms with Crippen molar-refractivity contribution in [1.82, 2.24) is 14.5 Å². The highest BCUT2D eigenvalue weighted by Gasteiger charge is 2.34. The summed E-state index contributed by atoms with van der Waals surface area (Å²) in [5, 5.41) is 3.07. The van der Waals surface area contributed by atoms with Gasteiger partial charge in [-0.25, -0.2) is 8.70 Å². The van der Waals surface area contributed by atoms with E-state index in [9.17, 15) is 22.4 Å². The third-order valence-electron chi connectivity index (χ3n) is 5.89. The molecule has 0 saturated heterocycles. The Hall–Kier alpha value is -3.47. The average Bonchev–Trinajstić information content (AvgIpc) is 2.89. The van der Waals surface area contributed by atoms with Gasteiger partial charge in [-0.2, -0.15) is 12.7 Å². The smallest absolute Gasteiger partial charge is 0.304 e. The summed E-state index contributed by atoms with van der Waals surface area (Å²) in [5.74, 6) is -1.58. The first kappa shape index (κ1) is 29.1. The van der Waals surface area contributed by atoms with Crippen molar-refractivity contribution in [3.8, 4) is 0 Å². The van der Waals surface area contributed by atoms with Crippen LogP contribution in [0.5, 0.6) is 0 Å². The molecule has 1 atom stereocenters. The zero-order valence-electron chi connectivity index (χ0n) is 21.3. The number of rotatable bonds is 11. The van der Waals surface area contributed by atoms with Crippen LogP contribution < -0.4 is 9.62 Å². The molecule has 0 bridgehead atoms. The van der Waals surface area contributed by atoms with E-state index < -0.39 is 40.4 Å². The highest BCUT2D eigenvalue weighted by atomic mass is 35.5. The number of hydrogen-bond donors (Lipinski definition) is 1. The molecule has 38 heavy (non-hydrogen) atoms. The van der Waals surface area contributed by atoms with Crippen LogP contribution in [0.25, 0.3) is 0 Å². The molecule has 11 heteroatoms. The molecule has 3 rings (SSSR count). The van der Waals surface area contributed by atoms with Crippen LogP contribution in [0.15, 0.2) is 78.9 Å². The van der Waals surface area contributed by atoms with Crippen molar-refractivity contribution < 1.29 is 22.4 Å². The molecule has 3 aromatic rings. The maximum Gasteiger partial charge on any atom is 0.304 e. The van der Waals surface area contributed by atoms with Crippen LogP contribution >= 0.6 is 11.6 Å². The summed E-state index contributed by atoms with van der Waals surface area (Å²) < 4.78 is 41.9. The molecule has 2 amide bonds. The standard InChI is InChI=1S/C27H30ClFN4O4S/c1-30-27(35)25(17-20-8-5-4-6-9-20)32(18-21-10-7-11-22(28)16-21)26(34)19-33(38(36,37)31(2)3)24-14-12-23(29)13-15-24/h4-16,25H,17-19H2,1-3H3,(H,30,35). The summed E-state index contributed by atoms with van der Waals surface area (Å²) in [6, 6.07) is 19.9. The molecule has 0 aliphatic heterocycles. The van der Waals surface area contributed by atoms with E-state index in [1.54, 1.807) is 24.3 Å². The molecule has 202 valence electrons. The van der Waals surface area contributed by atoms with E-state index in [-0.39, 0.29) is 18.7 Å². The summed E-state index contributed by atoms with van der Waals surface area (Å²) in [5.41, 5.74) is 1.59. The van der Waals surface area contributed by atoms with E-state index in [4.69, 9.17) is 11.6 Å². The Morgan fingerprint density at radius 2 is 1.58 bits per heavy atom. The van der Waals surface area contributed by atoms with E-state index in [1.165, 1.54) is 38.2 Å². The number of hydrogen-bond acceptors (Lipinski definition) is 4. The van der Waals surface area contributed by atoms with Crippen molar-refractivity contribution in [3.63, 3.8) is 0 Å². The Labute approximate surface area is 227 Å². The van der Waals surface area contributed by atoms with E-state index in [0.29, 0.717) is 10.6 Å². The summed E-state index contributed by atoms with van der Waals surface area (Å²) in [7, 11) is -0.000270. The summed E-state index contributed by atoms with van der Waals surface area (Å²) in [6.07, 6.45) is 0.198. The number of carbonyl (C=O) groups excluding carboxylic acids is 2. The Morgan fingerprint density at radius 1 is 0.947 bits per heavy atom. The molecule has 0 spiro atoms. The molecule has 0 fully saturated rings. The van der Waals surface area contributed by atoms with E-state index >= 15 is 0 Å². The molecule has 1 N–H and O–H groups in total. The number of likely N-dealkylation sites (N-methyl/N-ethyl adjacent to an activating group) is 1. The van der Waals surface area contributed by atoms with Gasteiger partial charge in [-0.3, -0.25) is 9.59 Å². The molecule has 0 aliphatic rings. The number of nitrogens with one attached hydrogen (secondary N) is 1. The van der Waals surface area contributed by atoms with Crippen LogP contribution in [-0.2, 0) is 32.8 Å². The van der Waals surface area contributed by atoms with E-state index in [0.717, 1.165) is 26.3 Å². The van der Waals surface area contributed by atoms with Crippen LogP contribution in [0, 0.1) is 5.82 Å². The topological polar surface area (TPSA) is 90.0 Å². The Kier molecular flexibility index (Phi) is 9.84. The lowest BCUT2D eigenvalue weighted by molar-refractivity contribution is -0.139. The van der Waals surface area contributed by atoms with Crippen molar-refractivity contribution in [2.45, 2.75) is 19.0 Å². The lowest BCUT2D eigenvalue weighted by atomic mass is 10.0. The summed E-state index contributed by atoms with van der Waals surface area (Å²) in [4.78, 5) is 28.4. The maximum atomic E-state index is 13.9. The number of anilines is 1. The number of nitrogens with zero attached hydrogens (tertiary/aromatic N) is 3. The number of amides is 2. The van der Waals surface area contributed by atoms with Gasteiger partial charge in [-0.1, -0.05) is 54.1 Å². The van der Waals surface area contributed by atoms with Crippen molar-refractivity contribution >= 4 is 39.3 Å². The van der Waals surface area contributed by atoms with Crippen LogP contribution in [-0.4, -0.2) is 63.2 Å². The summed E-state index contributed by atoms with van der Waals surface area (Å²) >= 11 is 6.17. The molecule has 0 aliphatic carbocycles. The minimum Gasteiger partial charge on any atom is -0.357 e. The Balaban J connectivity index is 2.06.